The lowest BCUT2D eigenvalue weighted by Crippen LogP contribution is -2.48. The number of nitrogens with one attached hydrogen (secondary N) is 1. The molecule has 0 spiro atoms. The molecule has 0 aromatic heterocycles. The van der Waals surface area contributed by atoms with E-state index in [1.807, 2.05) is 18.2 Å². The van der Waals surface area contributed by atoms with Crippen molar-refractivity contribution in [3.05, 3.63) is 33.8 Å². The van der Waals surface area contributed by atoms with Crippen LogP contribution in [0.1, 0.15) is 12.5 Å². The summed E-state index contributed by atoms with van der Waals surface area (Å²) in [6.45, 7) is 6.24. The van der Waals surface area contributed by atoms with Crippen LogP contribution in [-0.2, 0) is 6.54 Å². The third-order valence-corrected chi connectivity index (χ3v) is 3.74. The van der Waals surface area contributed by atoms with E-state index in [9.17, 15) is 0 Å². The average molecular weight is 259 g/mol. The molecule has 1 atom stereocenters. The van der Waals surface area contributed by atoms with Crippen molar-refractivity contribution in [3.8, 4) is 0 Å². The van der Waals surface area contributed by atoms with Crippen LogP contribution in [0.15, 0.2) is 18.2 Å². The highest BCUT2D eigenvalue weighted by Crippen LogP contribution is 2.26. The maximum Gasteiger partial charge on any atom is 0.0637 e. The van der Waals surface area contributed by atoms with Crippen molar-refractivity contribution in [2.75, 3.05) is 19.6 Å². The number of piperazine rings is 1. The van der Waals surface area contributed by atoms with Crippen molar-refractivity contribution >= 4 is 23.2 Å². The van der Waals surface area contributed by atoms with E-state index >= 15 is 0 Å². The molecule has 2 nitrogen and oxygen atoms in total. The Kier molecular flexibility index (Phi) is 4.09. The van der Waals surface area contributed by atoms with Gasteiger partial charge in [0.1, 0.15) is 0 Å². The number of rotatable bonds is 2. The van der Waals surface area contributed by atoms with E-state index in [1.165, 1.54) is 0 Å². The Bertz CT molecular complexity index is 368. The van der Waals surface area contributed by atoms with Gasteiger partial charge in [-0.05, 0) is 18.6 Å². The first-order chi connectivity index (χ1) is 7.66. The zero-order chi connectivity index (χ0) is 11.5. The molecule has 0 unspecified atom stereocenters. The Morgan fingerprint density at radius 1 is 1.44 bits per heavy atom. The molecular weight excluding hydrogens is 243 g/mol. The quantitative estimate of drug-likeness (QED) is 0.878. The molecule has 0 bridgehead atoms. The molecule has 88 valence electrons. The van der Waals surface area contributed by atoms with E-state index in [0.717, 1.165) is 31.7 Å². The smallest absolute Gasteiger partial charge is 0.0637 e. The summed E-state index contributed by atoms with van der Waals surface area (Å²) in [6.07, 6.45) is 0. The van der Waals surface area contributed by atoms with Gasteiger partial charge in [0.15, 0.2) is 0 Å². The summed E-state index contributed by atoms with van der Waals surface area (Å²) in [5.74, 6) is 0. The molecule has 4 heteroatoms. The Balaban J connectivity index is 2.05. The van der Waals surface area contributed by atoms with Gasteiger partial charge in [-0.15, -0.1) is 0 Å². The predicted molar refractivity (Wildman–Crippen MR) is 69.2 cm³/mol. The molecule has 1 heterocycles. The molecule has 1 aliphatic rings. The monoisotopic (exact) mass is 258 g/mol. The standard InChI is InChI=1S/C12H16Cl2N2/c1-9-7-16(6-5-15-9)8-10-3-2-4-11(13)12(10)14/h2-4,9,15H,5-8H2,1H3/t9-/m1/s1. The molecule has 1 aromatic rings. The first-order valence-electron chi connectivity index (χ1n) is 5.55. The Morgan fingerprint density at radius 3 is 3.00 bits per heavy atom. The highest BCUT2D eigenvalue weighted by atomic mass is 35.5. The van der Waals surface area contributed by atoms with Gasteiger partial charge in [0.05, 0.1) is 10.0 Å². The summed E-state index contributed by atoms with van der Waals surface area (Å²) < 4.78 is 0. The van der Waals surface area contributed by atoms with Crippen molar-refractivity contribution < 1.29 is 0 Å². The number of hydrogen-bond donors (Lipinski definition) is 1. The van der Waals surface area contributed by atoms with Crippen LogP contribution in [0.5, 0.6) is 0 Å². The highest BCUT2D eigenvalue weighted by Gasteiger charge is 2.16. The summed E-state index contributed by atoms with van der Waals surface area (Å²) in [7, 11) is 0. The summed E-state index contributed by atoms with van der Waals surface area (Å²) in [4.78, 5) is 2.40. The third-order valence-electron chi connectivity index (χ3n) is 2.88. The van der Waals surface area contributed by atoms with Crippen molar-refractivity contribution in [1.82, 2.24) is 10.2 Å². The maximum atomic E-state index is 6.17. The first kappa shape index (κ1) is 12.2. The zero-order valence-corrected chi connectivity index (χ0v) is 10.9. The fourth-order valence-corrected chi connectivity index (χ4v) is 2.45. The van der Waals surface area contributed by atoms with Gasteiger partial charge in [-0.2, -0.15) is 0 Å². The van der Waals surface area contributed by atoms with Crippen LogP contribution < -0.4 is 5.32 Å². The first-order valence-corrected chi connectivity index (χ1v) is 6.31. The minimum absolute atomic E-state index is 0.548. The minimum atomic E-state index is 0.548. The molecule has 0 saturated carbocycles. The Labute approximate surface area is 107 Å². The van der Waals surface area contributed by atoms with E-state index in [4.69, 9.17) is 23.2 Å². The molecule has 2 rings (SSSR count). The lowest BCUT2D eigenvalue weighted by atomic mass is 10.1. The molecule has 0 radical (unpaired) electrons. The number of nitrogens with zero attached hydrogens (tertiary/aromatic N) is 1. The Morgan fingerprint density at radius 2 is 2.25 bits per heavy atom. The molecule has 0 aliphatic carbocycles. The molecule has 1 saturated heterocycles. The topological polar surface area (TPSA) is 15.3 Å². The predicted octanol–water partition coefficient (Wildman–Crippen LogP) is 2.79. The van der Waals surface area contributed by atoms with Crippen LogP contribution in [0.4, 0.5) is 0 Å². The lowest BCUT2D eigenvalue weighted by Gasteiger charge is -2.32. The van der Waals surface area contributed by atoms with Crippen LogP contribution in [-0.4, -0.2) is 30.6 Å². The third kappa shape index (κ3) is 2.89. The van der Waals surface area contributed by atoms with E-state index < -0.39 is 0 Å². The van der Waals surface area contributed by atoms with Crippen molar-refractivity contribution in [2.24, 2.45) is 0 Å². The van der Waals surface area contributed by atoms with Crippen molar-refractivity contribution in [3.63, 3.8) is 0 Å². The largest absolute Gasteiger partial charge is 0.312 e. The van der Waals surface area contributed by atoms with E-state index in [0.29, 0.717) is 16.1 Å². The fraction of sp³-hybridized carbons (Fsp3) is 0.500. The number of benzene rings is 1. The Hall–Kier alpha value is -0.280. The van der Waals surface area contributed by atoms with Crippen LogP contribution in [0.25, 0.3) is 0 Å². The van der Waals surface area contributed by atoms with Gasteiger partial charge in [-0.25, -0.2) is 0 Å². The van der Waals surface area contributed by atoms with Crippen molar-refractivity contribution in [2.45, 2.75) is 19.5 Å². The van der Waals surface area contributed by atoms with Crippen LogP contribution in [0.2, 0.25) is 10.0 Å². The highest BCUT2D eigenvalue weighted by molar-refractivity contribution is 6.42. The van der Waals surface area contributed by atoms with E-state index in [2.05, 4.69) is 17.1 Å². The SMILES string of the molecule is C[C@@H]1CN(Cc2cccc(Cl)c2Cl)CCN1. The molecule has 1 aromatic carbocycles. The normalized spacial score (nSPS) is 22.3. The number of hydrogen-bond acceptors (Lipinski definition) is 2. The minimum Gasteiger partial charge on any atom is -0.312 e. The second-order valence-electron chi connectivity index (χ2n) is 4.30. The van der Waals surface area contributed by atoms with Gasteiger partial charge in [0, 0.05) is 32.2 Å². The van der Waals surface area contributed by atoms with E-state index in [1.54, 1.807) is 0 Å². The zero-order valence-electron chi connectivity index (χ0n) is 9.34. The van der Waals surface area contributed by atoms with E-state index in [-0.39, 0.29) is 0 Å². The molecule has 1 fully saturated rings. The van der Waals surface area contributed by atoms with Gasteiger partial charge in [0.2, 0.25) is 0 Å². The summed E-state index contributed by atoms with van der Waals surface area (Å²) in [5.41, 5.74) is 1.11. The fourth-order valence-electron chi connectivity index (χ4n) is 2.07. The van der Waals surface area contributed by atoms with Crippen LogP contribution in [0.3, 0.4) is 0 Å². The van der Waals surface area contributed by atoms with Crippen molar-refractivity contribution in [1.29, 1.82) is 0 Å². The van der Waals surface area contributed by atoms with Crippen LogP contribution >= 0.6 is 23.2 Å². The average Bonchev–Trinajstić information content (AvgIpc) is 2.25. The summed E-state index contributed by atoms with van der Waals surface area (Å²) in [6, 6.07) is 6.37. The van der Waals surface area contributed by atoms with Crippen LogP contribution in [0, 0.1) is 0 Å². The molecule has 1 N–H and O–H groups in total. The summed E-state index contributed by atoms with van der Waals surface area (Å²) in [5, 5.41) is 4.75. The lowest BCUT2D eigenvalue weighted by molar-refractivity contribution is 0.200. The molecule has 16 heavy (non-hydrogen) atoms. The second kappa shape index (κ2) is 5.37. The van der Waals surface area contributed by atoms with Gasteiger partial charge < -0.3 is 5.32 Å². The maximum absolute atomic E-state index is 6.17. The van der Waals surface area contributed by atoms with Gasteiger partial charge >= 0.3 is 0 Å². The van der Waals surface area contributed by atoms with Gasteiger partial charge in [-0.3, -0.25) is 4.90 Å². The second-order valence-corrected chi connectivity index (χ2v) is 5.09. The van der Waals surface area contributed by atoms with Gasteiger partial charge in [-0.1, -0.05) is 35.3 Å². The summed E-state index contributed by atoms with van der Waals surface area (Å²) >= 11 is 12.2. The molecule has 1 aliphatic heterocycles. The molecule has 0 amide bonds. The molecular formula is C12H16Cl2N2. The number of halogens is 2. The van der Waals surface area contributed by atoms with Gasteiger partial charge in [0.25, 0.3) is 0 Å².